The molecule has 0 aliphatic heterocycles. The molecule has 14 nitrogen and oxygen atoms in total. The molecule has 14 heteroatoms. The van der Waals surface area contributed by atoms with Crippen molar-refractivity contribution in [2.75, 3.05) is 0 Å². The summed E-state index contributed by atoms with van der Waals surface area (Å²) in [5.74, 6) is -4.41. The quantitative estimate of drug-likeness (QED) is 0.113. The van der Waals surface area contributed by atoms with Gasteiger partial charge in [-0.15, -0.1) is 0 Å². The lowest BCUT2D eigenvalue weighted by Crippen LogP contribution is -2.54. The Balaban J connectivity index is 2.18. The highest BCUT2D eigenvalue weighted by Gasteiger charge is 2.38. The van der Waals surface area contributed by atoms with E-state index < -0.39 is 83.4 Å². The van der Waals surface area contributed by atoms with E-state index in [1.807, 2.05) is 37.3 Å². The van der Waals surface area contributed by atoms with Crippen molar-refractivity contribution in [3.05, 3.63) is 54.1 Å². The van der Waals surface area contributed by atoms with E-state index in [0.29, 0.717) is 12.1 Å². The molecule has 4 amide bonds. The van der Waals surface area contributed by atoms with Gasteiger partial charge in [-0.2, -0.15) is 0 Å². The van der Waals surface area contributed by atoms with Gasteiger partial charge in [-0.25, -0.2) is 9.78 Å². The molecule has 51 heavy (non-hydrogen) atoms. The van der Waals surface area contributed by atoms with Gasteiger partial charge in [0.25, 0.3) is 0 Å². The van der Waals surface area contributed by atoms with Gasteiger partial charge in [0.05, 0.1) is 30.5 Å². The first-order chi connectivity index (χ1) is 23.8. The second-order valence-electron chi connectivity index (χ2n) is 14.8. The molecular weight excluding hydrogens is 656 g/mol. The zero-order valence-corrected chi connectivity index (χ0v) is 31.1. The molecule has 8 N–H and O–H groups in total. The fourth-order valence-corrected chi connectivity index (χ4v) is 5.65. The second kappa shape index (κ2) is 20.0. The number of amides is 4. The molecule has 1 aromatic heterocycles. The normalized spacial score (nSPS) is 16.5. The molecule has 2 aromatic rings. The van der Waals surface area contributed by atoms with Crippen LogP contribution in [-0.4, -0.2) is 85.7 Å². The van der Waals surface area contributed by atoms with Crippen molar-refractivity contribution < 1.29 is 38.9 Å². The van der Waals surface area contributed by atoms with Gasteiger partial charge in [0.2, 0.25) is 17.7 Å². The molecule has 2 rings (SSSR count). The van der Waals surface area contributed by atoms with Crippen LogP contribution in [0.1, 0.15) is 85.9 Å². The number of ketones is 1. The Hall–Kier alpha value is -4.14. The number of carbonyl (C=O) groups is 5. The van der Waals surface area contributed by atoms with Crippen molar-refractivity contribution >= 4 is 29.6 Å². The Morgan fingerprint density at radius 3 is 2.10 bits per heavy atom. The van der Waals surface area contributed by atoms with Crippen molar-refractivity contribution in [2.45, 2.75) is 123 Å². The number of nitrogens with zero attached hydrogens (tertiary/aromatic N) is 1. The Labute approximate surface area is 301 Å². The third kappa shape index (κ3) is 14.6. The van der Waals surface area contributed by atoms with Gasteiger partial charge in [0, 0.05) is 43.1 Å². The van der Waals surface area contributed by atoms with Gasteiger partial charge in [0.15, 0.2) is 5.78 Å². The molecule has 0 saturated carbocycles. The van der Waals surface area contributed by atoms with E-state index in [4.69, 9.17) is 10.5 Å². The summed E-state index contributed by atoms with van der Waals surface area (Å²) in [4.78, 5) is 72.4. The Morgan fingerprint density at radius 1 is 0.902 bits per heavy atom. The molecule has 0 radical (unpaired) electrons. The summed E-state index contributed by atoms with van der Waals surface area (Å²) in [5.41, 5.74) is 6.90. The number of imide groups is 1. The lowest BCUT2D eigenvalue weighted by atomic mass is 9.82. The minimum absolute atomic E-state index is 0.0457. The van der Waals surface area contributed by atoms with Gasteiger partial charge in [0.1, 0.15) is 11.6 Å². The summed E-state index contributed by atoms with van der Waals surface area (Å²) in [5, 5.41) is 29.8. The first-order valence-corrected chi connectivity index (χ1v) is 17.6. The first kappa shape index (κ1) is 43.0. The molecule has 0 aliphatic carbocycles. The van der Waals surface area contributed by atoms with Crippen LogP contribution in [0.2, 0.25) is 0 Å². The van der Waals surface area contributed by atoms with Crippen LogP contribution in [0.4, 0.5) is 4.79 Å². The summed E-state index contributed by atoms with van der Waals surface area (Å²) in [6, 6.07) is 6.02. The number of aliphatic hydroxyl groups excluding tert-OH is 2. The third-order valence-electron chi connectivity index (χ3n) is 8.68. The van der Waals surface area contributed by atoms with E-state index in [1.54, 1.807) is 54.7 Å². The number of benzene rings is 1. The monoisotopic (exact) mass is 714 g/mol. The standard InChI is InChI=1S/C37H58N6O8/c1-9-23(5)33(47)43-35(49)30(21(2)3)32(46)31(45)26(38)15-22(4)16-29(44)27(18-25-19-39-20-40-25)41-34(48)28(17-24-13-11-10-12-14-24)42-36(50)51-37(6,7)8/h10-14,19-23,26-28,30-32,45-46H,9,15-18,38H2,1-8H3,(H,39,40)(H,41,48)(H,42,50)(H,43,47,49)/t22?,23-,26?,27-,28-,30?,31?,32?/m0/s1. The Kier molecular flexibility index (Phi) is 16.9. The summed E-state index contributed by atoms with van der Waals surface area (Å²) in [6.07, 6.45) is -0.0581. The molecule has 0 aliphatic rings. The highest BCUT2D eigenvalue weighted by molar-refractivity contribution is 5.97. The number of aromatic amines is 1. The van der Waals surface area contributed by atoms with E-state index in [9.17, 15) is 34.2 Å². The van der Waals surface area contributed by atoms with E-state index in [0.717, 1.165) is 5.56 Å². The Bertz CT molecular complexity index is 1410. The van der Waals surface area contributed by atoms with E-state index >= 15 is 0 Å². The number of nitrogens with two attached hydrogens (primary N) is 1. The number of hydrogen-bond acceptors (Lipinski definition) is 10. The van der Waals surface area contributed by atoms with E-state index in [-0.39, 0.29) is 31.5 Å². The average molecular weight is 715 g/mol. The highest BCUT2D eigenvalue weighted by Crippen LogP contribution is 2.23. The number of rotatable bonds is 19. The first-order valence-electron chi connectivity index (χ1n) is 17.6. The number of Topliss-reactive ketones (excluding diaryl/α,β-unsaturated/α-hetero) is 1. The smallest absolute Gasteiger partial charge is 0.408 e. The fraction of sp³-hybridized carbons (Fsp3) is 0.622. The molecular formula is C37H58N6O8. The van der Waals surface area contributed by atoms with Crippen LogP contribution in [-0.2, 0) is 36.8 Å². The molecule has 0 bridgehead atoms. The van der Waals surface area contributed by atoms with Crippen LogP contribution in [0, 0.1) is 23.7 Å². The number of carbonyl (C=O) groups excluding carboxylic acids is 5. The van der Waals surface area contributed by atoms with E-state index in [1.165, 1.54) is 6.33 Å². The molecule has 8 atom stereocenters. The average Bonchev–Trinajstić information content (AvgIpc) is 3.55. The molecule has 0 saturated heterocycles. The van der Waals surface area contributed by atoms with Gasteiger partial charge < -0.3 is 36.3 Å². The molecule has 5 unspecified atom stereocenters. The number of alkyl carbamates (subject to hydrolysis) is 1. The molecule has 1 heterocycles. The number of nitrogens with one attached hydrogen (secondary N) is 4. The maximum atomic E-state index is 13.8. The third-order valence-corrected chi connectivity index (χ3v) is 8.68. The molecule has 0 fully saturated rings. The van der Waals surface area contributed by atoms with Gasteiger partial charge in [-0.05, 0) is 51.0 Å². The van der Waals surface area contributed by atoms with Gasteiger partial charge in [-0.1, -0.05) is 65.0 Å². The zero-order chi connectivity index (χ0) is 38.5. The van der Waals surface area contributed by atoms with Crippen molar-refractivity contribution in [3.8, 4) is 0 Å². The van der Waals surface area contributed by atoms with E-state index in [2.05, 4.69) is 25.9 Å². The maximum absolute atomic E-state index is 13.8. The maximum Gasteiger partial charge on any atom is 0.408 e. The van der Waals surface area contributed by atoms with Crippen molar-refractivity contribution in [1.82, 2.24) is 25.9 Å². The van der Waals surface area contributed by atoms with Crippen LogP contribution in [0.3, 0.4) is 0 Å². The number of aliphatic hydroxyl groups is 2. The fourth-order valence-electron chi connectivity index (χ4n) is 5.65. The summed E-state index contributed by atoms with van der Waals surface area (Å²) in [7, 11) is 0. The van der Waals surface area contributed by atoms with Crippen molar-refractivity contribution in [2.24, 2.45) is 29.4 Å². The summed E-state index contributed by atoms with van der Waals surface area (Å²) in [6.45, 7) is 13.8. The molecule has 284 valence electrons. The second-order valence-corrected chi connectivity index (χ2v) is 14.8. The van der Waals surface area contributed by atoms with Crippen LogP contribution in [0.25, 0.3) is 0 Å². The largest absolute Gasteiger partial charge is 0.444 e. The summed E-state index contributed by atoms with van der Waals surface area (Å²) < 4.78 is 5.39. The van der Waals surface area contributed by atoms with Crippen molar-refractivity contribution in [1.29, 1.82) is 0 Å². The Morgan fingerprint density at radius 2 is 1.55 bits per heavy atom. The number of imidazole rings is 1. The van der Waals surface area contributed by atoms with Crippen LogP contribution < -0.4 is 21.7 Å². The van der Waals surface area contributed by atoms with Crippen LogP contribution in [0.5, 0.6) is 0 Å². The number of ether oxygens (including phenoxy) is 1. The number of hydrogen-bond donors (Lipinski definition) is 7. The summed E-state index contributed by atoms with van der Waals surface area (Å²) >= 11 is 0. The minimum Gasteiger partial charge on any atom is -0.444 e. The molecule has 0 spiro atoms. The SMILES string of the molecule is CC[C@H](C)C(=O)NC(=O)C(C(C)C)C(O)C(O)C(N)CC(C)CC(=O)[C@H](Cc1cnc[nH]1)NC(=O)[C@H](Cc1ccccc1)NC(=O)OC(C)(C)C. The van der Waals surface area contributed by atoms with Gasteiger partial charge in [-0.3, -0.25) is 24.5 Å². The zero-order valence-electron chi connectivity index (χ0n) is 31.1. The van der Waals surface area contributed by atoms with Crippen molar-refractivity contribution in [3.63, 3.8) is 0 Å². The number of aromatic nitrogens is 2. The lowest BCUT2D eigenvalue weighted by molar-refractivity contribution is -0.141. The van der Waals surface area contributed by atoms with Gasteiger partial charge >= 0.3 is 6.09 Å². The predicted octanol–water partition coefficient (Wildman–Crippen LogP) is 2.57. The topological polar surface area (TPSA) is 226 Å². The van der Waals surface area contributed by atoms with Crippen LogP contribution >= 0.6 is 0 Å². The van der Waals surface area contributed by atoms with Crippen LogP contribution in [0.15, 0.2) is 42.9 Å². The minimum atomic E-state index is -1.57. The molecule has 1 aromatic carbocycles. The highest BCUT2D eigenvalue weighted by atomic mass is 16.6. The number of H-pyrrole nitrogens is 1. The lowest BCUT2D eigenvalue weighted by Gasteiger charge is -2.32. The predicted molar refractivity (Wildman–Crippen MR) is 192 cm³/mol.